The Labute approximate surface area is 290 Å². The number of hydrogen-bond acceptors (Lipinski definition) is 9. The van der Waals surface area contributed by atoms with Gasteiger partial charge in [0, 0.05) is 28.8 Å². The van der Waals surface area contributed by atoms with Gasteiger partial charge in [-0.1, -0.05) is 76.2 Å². The zero-order valence-corrected chi connectivity index (χ0v) is 29.2. The molecular weight excluding hydrogens is 636 g/mol. The van der Waals surface area contributed by atoms with E-state index in [0.717, 1.165) is 39.1 Å². The van der Waals surface area contributed by atoms with Crippen LogP contribution in [0.5, 0.6) is 5.75 Å². The lowest BCUT2D eigenvalue weighted by atomic mass is 9.72. The third kappa shape index (κ3) is 5.05. The van der Waals surface area contributed by atoms with Gasteiger partial charge in [0.2, 0.25) is 17.7 Å². The molecule has 4 aromatic rings. The molecule has 2 amide bonds. The summed E-state index contributed by atoms with van der Waals surface area (Å²) in [6.07, 6.45) is -1.91. The number of aromatic nitrogens is 1. The van der Waals surface area contributed by atoms with E-state index in [0.29, 0.717) is 11.3 Å². The van der Waals surface area contributed by atoms with Gasteiger partial charge in [0.1, 0.15) is 29.4 Å². The van der Waals surface area contributed by atoms with Crippen LogP contribution in [0.4, 0.5) is 5.69 Å². The summed E-state index contributed by atoms with van der Waals surface area (Å²) in [6.45, 7) is 11.4. The van der Waals surface area contributed by atoms with Gasteiger partial charge >= 0.3 is 5.97 Å². The van der Waals surface area contributed by atoms with Crippen molar-refractivity contribution < 1.29 is 33.4 Å². The SMILES string of the molecule is COC(=O)c1nc2oc1C13c4cc(ccc4O[C@@H]1Nc1c(-c4c(C)cccc4C)cccc13)C[C@H](NC(=O)[C@@H](O)C(C)C)C(=O)N[C@H]2C(C)C. The second kappa shape index (κ2) is 12.3. The first-order valence-corrected chi connectivity index (χ1v) is 17.0. The standard InChI is InChI=1S/C39H42N4O7/c1-18(2)29-36-42-31(37(47)48-7)33(50-36)39-24-13-9-12-23(28-20(5)10-8-11-21(28)6)30(24)43-38(39)49-27-15-14-22(16-25(27)39)17-26(34(45)41-29)40-35(46)32(44)19(3)4/h8-16,18-19,26,29,32,38,43-44H,17H2,1-7H3,(H,40,46)(H,41,45)/t26-,29-,32-,38-,39?/m0/s1. The molecule has 11 heteroatoms. The van der Waals surface area contributed by atoms with Crippen molar-refractivity contribution in [1.29, 1.82) is 0 Å². The molecule has 0 aliphatic carbocycles. The van der Waals surface area contributed by atoms with Crippen molar-refractivity contribution in [3.05, 3.63) is 99.8 Å². The molecule has 0 radical (unpaired) electrons. The van der Waals surface area contributed by atoms with Crippen molar-refractivity contribution in [1.82, 2.24) is 15.6 Å². The number of hydrogen-bond donors (Lipinski definition) is 4. The highest BCUT2D eigenvalue weighted by Gasteiger charge is 2.62. The molecule has 4 heterocycles. The molecule has 4 bridgehead atoms. The lowest BCUT2D eigenvalue weighted by Gasteiger charge is -2.29. The number of amides is 2. The highest BCUT2D eigenvalue weighted by molar-refractivity contribution is 5.93. The van der Waals surface area contributed by atoms with Crippen LogP contribution in [0.25, 0.3) is 11.1 Å². The van der Waals surface area contributed by atoms with E-state index in [9.17, 15) is 19.5 Å². The number of nitrogens with zero attached hydrogens (tertiary/aromatic N) is 1. The first-order valence-electron chi connectivity index (χ1n) is 17.0. The normalized spacial score (nSPS) is 22.4. The van der Waals surface area contributed by atoms with E-state index < -0.39 is 47.6 Å². The number of esters is 1. The fourth-order valence-electron chi connectivity index (χ4n) is 7.62. The number of para-hydroxylation sites is 1. The van der Waals surface area contributed by atoms with Gasteiger partial charge in [0.15, 0.2) is 17.7 Å². The molecule has 3 aliphatic heterocycles. The molecule has 0 fully saturated rings. The third-order valence-corrected chi connectivity index (χ3v) is 10.2. The first kappa shape index (κ1) is 33.3. The molecule has 11 nitrogen and oxygen atoms in total. The Morgan fingerprint density at radius 2 is 1.74 bits per heavy atom. The topological polar surface area (TPSA) is 152 Å². The summed E-state index contributed by atoms with van der Waals surface area (Å²) in [6, 6.07) is 16.1. The lowest BCUT2D eigenvalue weighted by molar-refractivity contribution is -0.135. The monoisotopic (exact) mass is 678 g/mol. The third-order valence-electron chi connectivity index (χ3n) is 10.2. The average molecular weight is 679 g/mol. The van der Waals surface area contributed by atoms with Crippen molar-refractivity contribution in [2.75, 3.05) is 12.4 Å². The molecule has 50 heavy (non-hydrogen) atoms. The maximum absolute atomic E-state index is 14.0. The molecular formula is C39H42N4O7. The molecule has 0 saturated carbocycles. The number of aryl methyl sites for hydroxylation is 2. The Morgan fingerprint density at radius 3 is 2.42 bits per heavy atom. The number of benzene rings is 3. The zero-order chi connectivity index (χ0) is 35.6. The van der Waals surface area contributed by atoms with E-state index in [1.807, 2.05) is 50.2 Å². The highest BCUT2D eigenvalue weighted by Crippen LogP contribution is 2.60. The van der Waals surface area contributed by atoms with Crippen LogP contribution in [0, 0.1) is 25.7 Å². The van der Waals surface area contributed by atoms with Gasteiger partial charge in [-0.25, -0.2) is 9.78 Å². The van der Waals surface area contributed by atoms with Gasteiger partial charge in [-0.3, -0.25) is 9.59 Å². The molecule has 1 unspecified atom stereocenters. The molecule has 1 spiro atoms. The van der Waals surface area contributed by atoms with E-state index in [2.05, 4.69) is 48.0 Å². The minimum Gasteiger partial charge on any atom is -0.469 e. The number of carbonyl (C=O) groups is 3. The number of anilines is 1. The predicted octanol–water partition coefficient (Wildman–Crippen LogP) is 5.09. The fraction of sp³-hybridized carbons (Fsp3) is 0.385. The van der Waals surface area contributed by atoms with E-state index in [1.54, 1.807) is 13.8 Å². The fourth-order valence-corrected chi connectivity index (χ4v) is 7.62. The summed E-state index contributed by atoms with van der Waals surface area (Å²) < 4.78 is 18.7. The van der Waals surface area contributed by atoms with Gasteiger partial charge < -0.3 is 34.9 Å². The minimum absolute atomic E-state index is 0.0227. The lowest BCUT2D eigenvalue weighted by Crippen LogP contribution is -2.52. The van der Waals surface area contributed by atoms with Gasteiger partial charge in [0.05, 0.1) is 7.11 Å². The molecule has 0 saturated heterocycles. The van der Waals surface area contributed by atoms with E-state index in [-0.39, 0.29) is 35.6 Å². The predicted molar refractivity (Wildman–Crippen MR) is 186 cm³/mol. The van der Waals surface area contributed by atoms with Crippen LogP contribution >= 0.6 is 0 Å². The van der Waals surface area contributed by atoms with Gasteiger partial charge in [-0.15, -0.1) is 0 Å². The van der Waals surface area contributed by atoms with E-state index in [1.165, 1.54) is 7.11 Å². The number of oxazole rings is 1. The number of aliphatic hydroxyl groups excluding tert-OH is 1. The van der Waals surface area contributed by atoms with E-state index in [4.69, 9.17) is 18.9 Å². The Morgan fingerprint density at radius 1 is 1.02 bits per heavy atom. The van der Waals surface area contributed by atoms with Crippen LogP contribution < -0.4 is 20.7 Å². The van der Waals surface area contributed by atoms with Crippen LogP contribution in [0.2, 0.25) is 0 Å². The number of rotatable bonds is 6. The maximum Gasteiger partial charge on any atom is 0.360 e. The Balaban J connectivity index is 1.50. The summed E-state index contributed by atoms with van der Waals surface area (Å²) in [5, 5.41) is 20.0. The van der Waals surface area contributed by atoms with E-state index >= 15 is 0 Å². The summed E-state index contributed by atoms with van der Waals surface area (Å²) >= 11 is 0. The highest BCUT2D eigenvalue weighted by atomic mass is 16.5. The van der Waals surface area contributed by atoms with Crippen LogP contribution in [0.1, 0.15) is 83.7 Å². The molecule has 3 aliphatic rings. The quantitative estimate of drug-likeness (QED) is 0.204. The largest absolute Gasteiger partial charge is 0.469 e. The Kier molecular flexibility index (Phi) is 8.21. The van der Waals surface area contributed by atoms with Crippen molar-refractivity contribution in [2.45, 2.75) is 77.8 Å². The second-order valence-corrected chi connectivity index (χ2v) is 14.2. The summed E-state index contributed by atoms with van der Waals surface area (Å²) in [4.78, 5) is 45.4. The first-order chi connectivity index (χ1) is 23.9. The maximum atomic E-state index is 14.0. The summed E-state index contributed by atoms with van der Waals surface area (Å²) in [5.74, 6) is -1.47. The summed E-state index contributed by atoms with van der Waals surface area (Å²) in [7, 11) is 1.29. The van der Waals surface area contributed by atoms with Crippen LogP contribution in [0.3, 0.4) is 0 Å². The zero-order valence-electron chi connectivity index (χ0n) is 29.2. The smallest absolute Gasteiger partial charge is 0.360 e. The number of nitrogens with one attached hydrogen (secondary N) is 3. The molecule has 3 aromatic carbocycles. The van der Waals surface area contributed by atoms with Crippen molar-refractivity contribution in [2.24, 2.45) is 11.8 Å². The number of methoxy groups -OCH3 is 1. The number of fused-ring (bicyclic) bond motifs is 4. The van der Waals surface area contributed by atoms with Crippen LogP contribution in [-0.2, 0) is 26.2 Å². The van der Waals surface area contributed by atoms with Crippen molar-refractivity contribution >= 4 is 23.5 Å². The van der Waals surface area contributed by atoms with Gasteiger partial charge in [0.25, 0.3) is 0 Å². The van der Waals surface area contributed by atoms with Crippen molar-refractivity contribution in [3.63, 3.8) is 0 Å². The molecule has 5 atom stereocenters. The van der Waals surface area contributed by atoms with Crippen molar-refractivity contribution in [3.8, 4) is 16.9 Å². The van der Waals surface area contributed by atoms with Crippen LogP contribution in [0.15, 0.2) is 59.0 Å². The second-order valence-electron chi connectivity index (χ2n) is 14.2. The molecule has 7 rings (SSSR count). The van der Waals surface area contributed by atoms with Gasteiger partial charge in [-0.2, -0.15) is 0 Å². The molecule has 260 valence electrons. The minimum atomic E-state index is -1.30. The number of ether oxygens (including phenoxy) is 2. The average Bonchev–Trinajstić information content (AvgIpc) is 3.75. The Hall–Kier alpha value is -5.16. The number of carbonyl (C=O) groups excluding carboxylic acids is 3. The molecule has 4 N–H and O–H groups in total. The Bertz CT molecular complexity index is 2010. The van der Waals surface area contributed by atoms with Gasteiger partial charge in [-0.05, 0) is 54.0 Å². The number of aliphatic hydroxyl groups is 1. The van der Waals surface area contributed by atoms with Crippen LogP contribution in [-0.4, -0.2) is 53.4 Å². The molecule has 1 aromatic heterocycles. The summed E-state index contributed by atoms with van der Waals surface area (Å²) in [5.41, 5.74) is 6.19.